The molecule has 1 heterocycles. The van der Waals surface area contributed by atoms with E-state index in [4.69, 9.17) is 4.74 Å². The summed E-state index contributed by atoms with van der Waals surface area (Å²) < 4.78 is 5.91. The van der Waals surface area contributed by atoms with Gasteiger partial charge in [0.1, 0.15) is 12.4 Å². The van der Waals surface area contributed by atoms with Gasteiger partial charge in [0.05, 0.1) is 11.1 Å². The SMILES string of the molecule is CCCN1C(=O)C(C)(C)COc2ccc(NC(=O)C3CCCCC3)cc21. The van der Waals surface area contributed by atoms with Crippen molar-refractivity contribution < 1.29 is 14.3 Å². The van der Waals surface area contributed by atoms with Gasteiger partial charge in [-0.25, -0.2) is 0 Å². The van der Waals surface area contributed by atoms with E-state index in [1.165, 1.54) is 6.42 Å². The van der Waals surface area contributed by atoms with E-state index < -0.39 is 5.41 Å². The number of carbonyl (C=O) groups excluding carboxylic acids is 2. The van der Waals surface area contributed by atoms with Crippen LogP contribution in [0.25, 0.3) is 0 Å². The maximum Gasteiger partial charge on any atom is 0.236 e. The number of ether oxygens (including phenoxy) is 1. The Morgan fingerprint density at radius 3 is 2.69 bits per heavy atom. The first-order chi connectivity index (χ1) is 12.4. The van der Waals surface area contributed by atoms with Crippen LogP contribution in [0.1, 0.15) is 59.3 Å². The zero-order valence-electron chi connectivity index (χ0n) is 16.1. The highest BCUT2D eigenvalue weighted by Crippen LogP contribution is 2.38. The summed E-state index contributed by atoms with van der Waals surface area (Å²) in [5.74, 6) is 0.959. The van der Waals surface area contributed by atoms with Crippen LogP contribution >= 0.6 is 0 Å². The number of benzene rings is 1. The van der Waals surface area contributed by atoms with Gasteiger partial charge in [0.15, 0.2) is 0 Å². The molecule has 0 aromatic heterocycles. The van der Waals surface area contributed by atoms with Gasteiger partial charge in [-0.1, -0.05) is 26.2 Å². The minimum atomic E-state index is -0.570. The lowest BCUT2D eigenvalue weighted by Gasteiger charge is -2.28. The van der Waals surface area contributed by atoms with Crippen molar-refractivity contribution in [3.63, 3.8) is 0 Å². The van der Waals surface area contributed by atoms with Crippen molar-refractivity contribution in [3.05, 3.63) is 18.2 Å². The Labute approximate surface area is 156 Å². The standard InChI is InChI=1S/C21H30N2O3/c1-4-12-23-17-13-16(22-19(24)15-8-6-5-7-9-15)10-11-18(17)26-14-21(2,3)20(23)25/h10-11,13,15H,4-9,12,14H2,1-3H3,(H,22,24). The van der Waals surface area contributed by atoms with Crippen molar-refractivity contribution in [2.75, 3.05) is 23.4 Å². The van der Waals surface area contributed by atoms with Crippen molar-refractivity contribution in [1.82, 2.24) is 0 Å². The van der Waals surface area contributed by atoms with Crippen molar-refractivity contribution in [3.8, 4) is 5.75 Å². The fraction of sp³-hybridized carbons (Fsp3) is 0.619. The first-order valence-electron chi connectivity index (χ1n) is 9.82. The number of hydrogen-bond acceptors (Lipinski definition) is 3. The molecule has 0 bridgehead atoms. The molecule has 1 saturated carbocycles. The molecule has 1 N–H and O–H groups in total. The van der Waals surface area contributed by atoms with Crippen LogP contribution in [-0.4, -0.2) is 25.0 Å². The third kappa shape index (κ3) is 3.87. The van der Waals surface area contributed by atoms with Gasteiger partial charge in [0.2, 0.25) is 11.8 Å². The molecule has 142 valence electrons. The first-order valence-corrected chi connectivity index (χ1v) is 9.82. The monoisotopic (exact) mass is 358 g/mol. The van der Waals surface area contributed by atoms with E-state index in [1.807, 2.05) is 32.0 Å². The Balaban J connectivity index is 1.85. The molecule has 5 heteroatoms. The van der Waals surface area contributed by atoms with Crippen molar-refractivity contribution >= 4 is 23.2 Å². The molecule has 5 nitrogen and oxygen atoms in total. The molecule has 1 aliphatic heterocycles. The molecule has 2 aliphatic rings. The van der Waals surface area contributed by atoms with Crippen LogP contribution in [0.3, 0.4) is 0 Å². The Hall–Kier alpha value is -2.04. The number of amides is 2. The number of rotatable bonds is 4. The van der Waals surface area contributed by atoms with E-state index in [1.54, 1.807) is 4.90 Å². The molecule has 2 amide bonds. The van der Waals surface area contributed by atoms with Crippen LogP contribution < -0.4 is 15.0 Å². The summed E-state index contributed by atoms with van der Waals surface area (Å²) in [5, 5.41) is 3.05. The highest BCUT2D eigenvalue weighted by molar-refractivity contribution is 6.00. The number of nitrogens with one attached hydrogen (secondary N) is 1. The second-order valence-corrected chi connectivity index (χ2v) is 8.14. The summed E-state index contributed by atoms with van der Waals surface area (Å²) in [4.78, 5) is 27.3. The fourth-order valence-corrected chi connectivity index (χ4v) is 3.78. The Morgan fingerprint density at radius 2 is 2.00 bits per heavy atom. The molecule has 0 unspecified atom stereocenters. The fourth-order valence-electron chi connectivity index (χ4n) is 3.78. The number of nitrogens with zero attached hydrogens (tertiary/aromatic N) is 1. The minimum absolute atomic E-state index is 0.0638. The zero-order valence-corrected chi connectivity index (χ0v) is 16.1. The summed E-state index contributed by atoms with van der Waals surface area (Å²) in [6.07, 6.45) is 6.28. The van der Waals surface area contributed by atoms with Crippen LogP contribution in [0, 0.1) is 11.3 Å². The summed E-state index contributed by atoms with van der Waals surface area (Å²) in [6, 6.07) is 5.61. The van der Waals surface area contributed by atoms with E-state index >= 15 is 0 Å². The van der Waals surface area contributed by atoms with Gasteiger partial charge in [0, 0.05) is 18.2 Å². The van der Waals surface area contributed by atoms with Crippen LogP contribution in [0.2, 0.25) is 0 Å². The van der Waals surface area contributed by atoms with Gasteiger partial charge in [-0.2, -0.15) is 0 Å². The zero-order chi connectivity index (χ0) is 18.7. The lowest BCUT2D eigenvalue weighted by molar-refractivity contribution is -0.127. The third-order valence-electron chi connectivity index (χ3n) is 5.35. The highest BCUT2D eigenvalue weighted by Gasteiger charge is 2.37. The van der Waals surface area contributed by atoms with Crippen molar-refractivity contribution in [1.29, 1.82) is 0 Å². The molecule has 1 aromatic carbocycles. The van der Waals surface area contributed by atoms with Gasteiger partial charge < -0.3 is 15.0 Å². The van der Waals surface area contributed by atoms with E-state index in [-0.39, 0.29) is 17.7 Å². The molecule has 26 heavy (non-hydrogen) atoms. The van der Waals surface area contributed by atoms with E-state index in [2.05, 4.69) is 12.2 Å². The van der Waals surface area contributed by atoms with Gasteiger partial charge in [-0.15, -0.1) is 0 Å². The predicted molar refractivity (Wildman–Crippen MR) is 104 cm³/mol. The van der Waals surface area contributed by atoms with E-state index in [0.717, 1.165) is 43.5 Å². The number of carbonyl (C=O) groups is 2. The maximum absolute atomic E-state index is 13.0. The van der Waals surface area contributed by atoms with Gasteiger partial charge in [0.25, 0.3) is 0 Å². The average molecular weight is 358 g/mol. The first kappa shape index (κ1) is 18.7. The molecule has 0 saturated heterocycles. The smallest absolute Gasteiger partial charge is 0.236 e. The quantitative estimate of drug-likeness (QED) is 0.869. The van der Waals surface area contributed by atoms with Gasteiger partial charge >= 0.3 is 0 Å². The molecule has 1 aliphatic carbocycles. The van der Waals surface area contributed by atoms with Crippen LogP contribution in [0.15, 0.2) is 18.2 Å². The van der Waals surface area contributed by atoms with E-state index in [9.17, 15) is 9.59 Å². The summed E-state index contributed by atoms with van der Waals surface area (Å²) in [5.41, 5.74) is 0.917. The molecule has 1 aromatic rings. The average Bonchev–Trinajstić information content (AvgIpc) is 2.73. The summed E-state index contributed by atoms with van der Waals surface area (Å²) >= 11 is 0. The largest absolute Gasteiger partial charge is 0.490 e. The van der Waals surface area contributed by atoms with Crippen molar-refractivity contribution in [2.45, 2.75) is 59.3 Å². The molecule has 0 spiro atoms. The molecule has 0 radical (unpaired) electrons. The predicted octanol–water partition coefficient (Wildman–Crippen LogP) is 4.37. The number of anilines is 2. The molecule has 1 fully saturated rings. The number of fused-ring (bicyclic) bond motifs is 1. The third-order valence-corrected chi connectivity index (χ3v) is 5.35. The van der Waals surface area contributed by atoms with Crippen LogP contribution in [-0.2, 0) is 9.59 Å². The lowest BCUT2D eigenvalue weighted by atomic mass is 9.88. The minimum Gasteiger partial charge on any atom is -0.490 e. The van der Waals surface area contributed by atoms with Crippen LogP contribution in [0.4, 0.5) is 11.4 Å². The lowest BCUT2D eigenvalue weighted by Crippen LogP contribution is -2.42. The normalized spacial score (nSPS) is 20.1. The Bertz CT molecular complexity index is 678. The Morgan fingerprint density at radius 1 is 1.27 bits per heavy atom. The number of hydrogen-bond donors (Lipinski definition) is 1. The second kappa shape index (κ2) is 7.68. The second-order valence-electron chi connectivity index (χ2n) is 8.14. The molecule has 3 rings (SSSR count). The molecular formula is C21H30N2O3. The van der Waals surface area contributed by atoms with Gasteiger partial charge in [-0.3, -0.25) is 9.59 Å². The van der Waals surface area contributed by atoms with Gasteiger partial charge in [-0.05, 0) is 51.3 Å². The topological polar surface area (TPSA) is 58.6 Å². The van der Waals surface area contributed by atoms with Crippen molar-refractivity contribution in [2.24, 2.45) is 11.3 Å². The summed E-state index contributed by atoms with van der Waals surface area (Å²) in [7, 11) is 0. The Kier molecular flexibility index (Phi) is 5.54. The maximum atomic E-state index is 13.0. The molecule has 0 atom stereocenters. The van der Waals surface area contributed by atoms with Crippen LogP contribution in [0.5, 0.6) is 5.75 Å². The highest BCUT2D eigenvalue weighted by atomic mass is 16.5. The molecular weight excluding hydrogens is 328 g/mol. The van der Waals surface area contributed by atoms with E-state index in [0.29, 0.717) is 18.9 Å². The summed E-state index contributed by atoms with van der Waals surface area (Å²) in [6.45, 7) is 6.87.